The molecule has 0 amide bonds. The molecule has 0 aromatic heterocycles. The zero-order chi connectivity index (χ0) is 29.6. The zero-order valence-corrected chi connectivity index (χ0v) is 23.2. The Labute approximate surface area is 232 Å². The van der Waals surface area contributed by atoms with Gasteiger partial charge in [0.25, 0.3) is 6.29 Å². The molecule has 0 radical (unpaired) electrons. The van der Waals surface area contributed by atoms with E-state index in [1.165, 1.54) is 36.6 Å². The molecule has 2 aliphatic rings. The molecule has 3 rings (SSSR count). The molecule has 2 N–H and O–H groups in total. The summed E-state index contributed by atoms with van der Waals surface area (Å²) in [6, 6.07) is 5.70. The molecule has 11 heteroatoms. The van der Waals surface area contributed by atoms with Crippen LogP contribution in [-0.2, 0) is 38.1 Å². The number of carbonyl (C=O) groups is 4. The van der Waals surface area contributed by atoms with Gasteiger partial charge in [0.2, 0.25) is 0 Å². The average molecular weight is 561 g/mol. The number of fused-ring (bicyclic) bond motifs is 1. The number of aliphatic hydroxyl groups is 1. The summed E-state index contributed by atoms with van der Waals surface area (Å²) in [6.45, 7) is 7.62. The Balaban J connectivity index is 1.94. The number of hydrogen-bond donors (Lipinski definition) is 2. The number of aromatic hydroxyl groups is 1. The Morgan fingerprint density at radius 3 is 2.25 bits per heavy atom. The van der Waals surface area contributed by atoms with Crippen molar-refractivity contribution in [3.63, 3.8) is 0 Å². The highest BCUT2D eigenvalue weighted by atomic mass is 16.7. The van der Waals surface area contributed by atoms with Gasteiger partial charge in [0, 0.05) is 25.3 Å². The molecule has 40 heavy (non-hydrogen) atoms. The van der Waals surface area contributed by atoms with Crippen molar-refractivity contribution in [3.05, 3.63) is 53.3 Å². The average Bonchev–Trinajstić information content (AvgIpc) is 3.13. The van der Waals surface area contributed by atoms with Crippen LogP contribution in [0.4, 0.5) is 0 Å². The van der Waals surface area contributed by atoms with Crippen LogP contribution in [0.1, 0.15) is 57.8 Å². The number of ether oxygens (including phenoxy) is 5. The Bertz CT molecular complexity index is 1180. The number of esters is 4. The van der Waals surface area contributed by atoms with Crippen molar-refractivity contribution in [1.82, 2.24) is 0 Å². The molecule has 1 aliphatic carbocycles. The SMILES string of the molecule is CC(=O)O[C@H]1C=C2C(COC(=O)CC(C)C)=CO[C@@H](OC(=O)CC(C)C)[C@@H]2[C@@]1(O)COC(=O)c1ccccc1O. The van der Waals surface area contributed by atoms with Gasteiger partial charge in [0.05, 0.1) is 12.2 Å². The lowest BCUT2D eigenvalue weighted by atomic mass is 9.82. The van der Waals surface area contributed by atoms with Gasteiger partial charge in [-0.25, -0.2) is 4.79 Å². The van der Waals surface area contributed by atoms with Crippen LogP contribution < -0.4 is 0 Å². The molecule has 0 saturated carbocycles. The molecule has 1 aromatic rings. The topological polar surface area (TPSA) is 155 Å². The van der Waals surface area contributed by atoms with Crippen LogP contribution in [0, 0.1) is 17.8 Å². The second kappa shape index (κ2) is 13.0. The van der Waals surface area contributed by atoms with Crippen molar-refractivity contribution in [3.8, 4) is 5.75 Å². The third-order valence-electron chi connectivity index (χ3n) is 6.32. The Morgan fingerprint density at radius 1 is 0.975 bits per heavy atom. The van der Waals surface area contributed by atoms with Crippen LogP contribution in [0.5, 0.6) is 5.75 Å². The molecule has 0 saturated heterocycles. The first kappa shape index (κ1) is 30.7. The predicted octanol–water partition coefficient (Wildman–Crippen LogP) is 3.19. The van der Waals surface area contributed by atoms with Gasteiger partial charge < -0.3 is 33.9 Å². The van der Waals surface area contributed by atoms with E-state index in [1.54, 1.807) is 0 Å². The highest BCUT2D eigenvalue weighted by molar-refractivity contribution is 5.92. The number of hydrogen-bond acceptors (Lipinski definition) is 11. The van der Waals surface area contributed by atoms with Crippen LogP contribution in [0.25, 0.3) is 0 Å². The zero-order valence-electron chi connectivity index (χ0n) is 23.2. The summed E-state index contributed by atoms with van der Waals surface area (Å²) in [5, 5.41) is 22.0. The van der Waals surface area contributed by atoms with Crippen molar-refractivity contribution in [2.24, 2.45) is 17.8 Å². The molecule has 1 aliphatic heterocycles. The lowest BCUT2D eigenvalue weighted by molar-refractivity contribution is -0.213. The maximum Gasteiger partial charge on any atom is 0.342 e. The van der Waals surface area contributed by atoms with Gasteiger partial charge >= 0.3 is 23.9 Å². The first-order valence-electron chi connectivity index (χ1n) is 13.1. The van der Waals surface area contributed by atoms with Crippen LogP contribution in [0.3, 0.4) is 0 Å². The van der Waals surface area contributed by atoms with E-state index < -0.39 is 54.4 Å². The normalized spacial score (nSPS) is 23.4. The quantitative estimate of drug-likeness (QED) is 0.303. The molecule has 218 valence electrons. The van der Waals surface area contributed by atoms with E-state index in [0.717, 1.165) is 6.92 Å². The minimum absolute atomic E-state index is 0.0201. The third kappa shape index (κ3) is 7.41. The van der Waals surface area contributed by atoms with Gasteiger partial charge in [-0.05, 0) is 35.6 Å². The molecule has 1 heterocycles. The van der Waals surface area contributed by atoms with E-state index >= 15 is 0 Å². The van der Waals surface area contributed by atoms with E-state index in [1.807, 2.05) is 27.7 Å². The molecule has 1 aromatic carbocycles. The van der Waals surface area contributed by atoms with Crippen molar-refractivity contribution in [2.75, 3.05) is 13.2 Å². The van der Waals surface area contributed by atoms with E-state index in [-0.39, 0.29) is 42.6 Å². The Hall–Kier alpha value is -3.86. The van der Waals surface area contributed by atoms with Crippen LogP contribution in [0.15, 0.2) is 47.7 Å². The molecular weight excluding hydrogens is 524 g/mol. The van der Waals surface area contributed by atoms with E-state index in [4.69, 9.17) is 23.7 Å². The number of benzene rings is 1. The fourth-order valence-corrected chi connectivity index (χ4v) is 4.51. The van der Waals surface area contributed by atoms with Gasteiger partial charge in [0.1, 0.15) is 24.5 Å². The minimum Gasteiger partial charge on any atom is -0.507 e. The number of phenolic OH excluding ortho intramolecular Hbond substituents is 1. The molecule has 11 nitrogen and oxygen atoms in total. The first-order chi connectivity index (χ1) is 18.8. The largest absolute Gasteiger partial charge is 0.507 e. The number of rotatable bonds is 11. The van der Waals surface area contributed by atoms with Gasteiger partial charge in [-0.3, -0.25) is 14.4 Å². The first-order valence-corrected chi connectivity index (χ1v) is 13.1. The van der Waals surface area contributed by atoms with Crippen molar-refractivity contribution >= 4 is 23.9 Å². The summed E-state index contributed by atoms with van der Waals surface area (Å²) < 4.78 is 27.4. The molecule has 0 unspecified atom stereocenters. The second-order valence-corrected chi connectivity index (χ2v) is 10.7. The molecule has 0 bridgehead atoms. The smallest absolute Gasteiger partial charge is 0.342 e. The summed E-state index contributed by atoms with van der Waals surface area (Å²) >= 11 is 0. The van der Waals surface area contributed by atoms with E-state index in [9.17, 15) is 29.4 Å². The highest BCUT2D eigenvalue weighted by Crippen LogP contribution is 2.47. The Kier molecular flexibility index (Phi) is 9.97. The van der Waals surface area contributed by atoms with Crippen molar-refractivity contribution in [2.45, 2.75) is 65.5 Å². The predicted molar refractivity (Wildman–Crippen MR) is 139 cm³/mol. The van der Waals surface area contributed by atoms with Gasteiger partial charge in [-0.1, -0.05) is 39.8 Å². The summed E-state index contributed by atoms with van der Waals surface area (Å²) in [7, 11) is 0. The number of phenols is 1. The van der Waals surface area contributed by atoms with Crippen molar-refractivity contribution < 1.29 is 53.1 Å². The molecule has 0 fully saturated rings. The summed E-state index contributed by atoms with van der Waals surface area (Å²) in [6.07, 6.45) is 0.251. The standard InChI is InChI=1S/C29H36O11/c1-16(2)10-24(32)36-13-19-14-37-28(40-25(33)11-17(3)4)26-21(19)12-23(39-18(5)30)29(26,35)15-38-27(34)20-8-6-7-9-22(20)31/h6-9,12,14,16-17,23,26,28,31,35H,10-11,13,15H2,1-5H3/t23-,26+,28-,29+/m0/s1. The fourth-order valence-electron chi connectivity index (χ4n) is 4.51. The molecular formula is C29H36O11. The minimum atomic E-state index is -2.15. The fraction of sp³-hybridized carbons (Fsp3) is 0.517. The lowest BCUT2D eigenvalue weighted by Gasteiger charge is -2.40. The maximum atomic E-state index is 12.8. The van der Waals surface area contributed by atoms with Crippen LogP contribution in [0.2, 0.25) is 0 Å². The number of carbonyl (C=O) groups excluding carboxylic acids is 4. The Morgan fingerprint density at radius 2 is 1.62 bits per heavy atom. The molecule has 0 spiro atoms. The summed E-state index contributed by atoms with van der Waals surface area (Å²) in [4.78, 5) is 49.5. The van der Waals surface area contributed by atoms with Gasteiger partial charge in [-0.15, -0.1) is 0 Å². The second-order valence-electron chi connectivity index (χ2n) is 10.7. The third-order valence-corrected chi connectivity index (χ3v) is 6.32. The highest BCUT2D eigenvalue weighted by Gasteiger charge is 2.59. The summed E-state index contributed by atoms with van der Waals surface area (Å²) in [5.74, 6) is -4.16. The lowest BCUT2D eigenvalue weighted by Crippen LogP contribution is -2.55. The number of para-hydroxylation sites is 1. The van der Waals surface area contributed by atoms with Crippen molar-refractivity contribution in [1.29, 1.82) is 0 Å². The van der Waals surface area contributed by atoms with Gasteiger partial charge in [0.15, 0.2) is 11.7 Å². The molecule has 4 atom stereocenters. The van der Waals surface area contributed by atoms with E-state index in [0.29, 0.717) is 11.1 Å². The van der Waals surface area contributed by atoms with Crippen LogP contribution in [-0.4, -0.2) is 65.3 Å². The van der Waals surface area contributed by atoms with Crippen LogP contribution >= 0.6 is 0 Å². The van der Waals surface area contributed by atoms with Gasteiger partial charge in [-0.2, -0.15) is 0 Å². The summed E-state index contributed by atoms with van der Waals surface area (Å²) in [5.41, 5.74) is -1.60. The maximum absolute atomic E-state index is 12.8. The monoisotopic (exact) mass is 560 g/mol. The van der Waals surface area contributed by atoms with E-state index in [2.05, 4.69) is 0 Å².